The van der Waals surface area contributed by atoms with Gasteiger partial charge in [0.1, 0.15) is 10.3 Å². The Bertz CT molecular complexity index is 468. The Balaban J connectivity index is 2.20. The van der Waals surface area contributed by atoms with Crippen molar-refractivity contribution in [3.63, 3.8) is 0 Å². The molecule has 1 aromatic rings. The number of halogens is 1. The van der Waals surface area contributed by atoms with Gasteiger partial charge in [-0.3, -0.25) is 4.79 Å². The quantitative estimate of drug-likeness (QED) is 0.864. The maximum Gasteiger partial charge on any atom is 0.267 e. The van der Waals surface area contributed by atoms with Gasteiger partial charge in [-0.1, -0.05) is 13.8 Å². The predicted octanol–water partition coefficient (Wildman–Crippen LogP) is 1.75. The average molecular weight is 329 g/mol. The van der Waals surface area contributed by atoms with Crippen molar-refractivity contribution in [2.75, 3.05) is 24.5 Å². The molecule has 2 N–H and O–H groups in total. The van der Waals surface area contributed by atoms with Crippen LogP contribution in [0.4, 0.5) is 5.82 Å². The van der Waals surface area contributed by atoms with Crippen LogP contribution in [0.1, 0.15) is 26.7 Å². The molecule has 0 spiro atoms. The van der Waals surface area contributed by atoms with E-state index in [4.69, 9.17) is 0 Å². The number of aromatic amines is 1. The lowest BCUT2D eigenvalue weighted by atomic mass is 10.1. The van der Waals surface area contributed by atoms with Crippen LogP contribution in [0.15, 0.2) is 15.6 Å². The third-order valence-electron chi connectivity index (χ3n) is 3.27. The van der Waals surface area contributed by atoms with E-state index in [1.54, 1.807) is 0 Å². The molecule has 19 heavy (non-hydrogen) atoms. The SMILES string of the molecule is CC(C)CN(CC1CCCN1)c1nc[nH]c(=O)c1Br. The van der Waals surface area contributed by atoms with Crippen molar-refractivity contribution >= 4 is 21.7 Å². The Kier molecular flexibility index (Phi) is 4.99. The van der Waals surface area contributed by atoms with Gasteiger partial charge in [0.2, 0.25) is 0 Å². The molecule has 0 bridgehead atoms. The lowest BCUT2D eigenvalue weighted by Gasteiger charge is -2.28. The topological polar surface area (TPSA) is 61.0 Å². The number of nitrogens with one attached hydrogen (secondary N) is 2. The highest BCUT2D eigenvalue weighted by atomic mass is 79.9. The highest BCUT2D eigenvalue weighted by Gasteiger charge is 2.21. The van der Waals surface area contributed by atoms with E-state index in [1.807, 2.05) is 0 Å². The number of anilines is 1. The summed E-state index contributed by atoms with van der Waals surface area (Å²) in [4.78, 5) is 20.8. The largest absolute Gasteiger partial charge is 0.354 e. The first-order valence-corrected chi connectivity index (χ1v) is 7.58. The smallest absolute Gasteiger partial charge is 0.267 e. The summed E-state index contributed by atoms with van der Waals surface area (Å²) < 4.78 is 0.522. The molecule has 0 aromatic carbocycles. The Morgan fingerprint density at radius 2 is 2.37 bits per heavy atom. The summed E-state index contributed by atoms with van der Waals surface area (Å²) in [6, 6.07) is 0.492. The lowest BCUT2D eigenvalue weighted by molar-refractivity contribution is 0.536. The van der Waals surface area contributed by atoms with Crippen molar-refractivity contribution in [2.24, 2.45) is 5.92 Å². The molecular weight excluding hydrogens is 308 g/mol. The number of H-pyrrole nitrogens is 1. The first kappa shape index (κ1) is 14.5. The normalized spacial score (nSPS) is 19.1. The summed E-state index contributed by atoms with van der Waals surface area (Å²) in [5.74, 6) is 1.26. The van der Waals surface area contributed by atoms with Crippen LogP contribution >= 0.6 is 15.9 Å². The summed E-state index contributed by atoms with van der Waals surface area (Å²) >= 11 is 3.35. The van der Waals surface area contributed by atoms with E-state index in [1.165, 1.54) is 19.2 Å². The van der Waals surface area contributed by atoms with Crippen LogP contribution in [-0.2, 0) is 0 Å². The molecule has 1 saturated heterocycles. The molecule has 1 atom stereocenters. The highest BCUT2D eigenvalue weighted by molar-refractivity contribution is 9.10. The van der Waals surface area contributed by atoms with Gasteiger partial charge in [0, 0.05) is 19.1 Å². The van der Waals surface area contributed by atoms with Gasteiger partial charge in [0.25, 0.3) is 5.56 Å². The summed E-state index contributed by atoms with van der Waals surface area (Å²) in [6.07, 6.45) is 3.89. The molecule has 6 heteroatoms. The maximum absolute atomic E-state index is 11.7. The third-order valence-corrected chi connectivity index (χ3v) is 3.98. The summed E-state index contributed by atoms with van der Waals surface area (Å²) in [5, 5.41) is 3.49. The summed E-state index contributed by atoms with van der Waals surface area (Å²) in [6.45, 7) is 7.23. The second-order valence-electron chi connectivity index (χ2n) is 5.46. The van der Waals surface area contributed by atoms with Gasteiger partial charge in [-0.15, -0.1) is 0 Å². The molecule has 2 rings (SSSR count). The predicted molar refractivity (Wildman–Crippen MR) is 80.6 cm³/mol. The van der Waals surface area contributed by atoms with Crippen LogP contribution in [0.2, 0.25) is 0 Å². The van der Waals surface area contributed by atoms with Gasteiger partial charge in [0.05, 0.1) is 6.33 Å². The van der Waals surface area contributed by atoms with Crippen LogP contribution in [0.5, 0.6) is 0 Å². The van der Waals surface area contributed by atoms with E-state index in [0.29, 0.717) is 16.4 Å². The monoisotopic (exact) mass is 328 g/mol. The number of aromatic nitrogens is 2. The van der Waals surface area contributed by atoms with Gasteiger partial charge < -0.3 is 15.2 Å². The Hall–Kier alpha value is -0.880. The number of hydrogen-bond donors (Lipinski definition) is 2. The van der Waals surface area contributed by atoms with Crippen LogP contribution in [0.25, 0.3) is 0 Å². The molecule has 1 unspecified atom stereocenters. The van der Waals surface area contributed by atoms with E-state index in [-0.39, 0.29) is 5.56 Å². The van der Waals surface area contributed by atoms with Crippen LogP contribution < -0.4 is 15.8 Å². The van der Waals surface area contributed by atoms with Crippen molar-refractivity contribution in [1.82, 2.24) is 15.3 Å². The minimum Gasteiger partial charge on any atom is -0.354 e. The molecule has 2 heterocycles. The van der Waals surface area contributed by atoms with Gasteiger partial charge >= 0.3 is 0 Å². The van der Waals surface area contributed by atoms with Gasteiger partial charge in [-0.05, 0) is 41.2 Å². The van der Waals surface area contributed by atoms with Crippen molar-refractivity contribution < 1.29 is 0 Å². The highest BCUT2D eigenvalue weighted by Crippen LogP contribution is 2.21. The molecule has 1 aromatic heterocycles. The maximum atomic E-state index is 11.7. The van der Waals surface area contributed by atoms with E-state index < -0.39 is 0 Å². The van der Waals surface area contributed by atoms with Crippen LogP contribution in [0, 0.1) is 5.92 Å². The first-order valence-electron chi connectivity index (χ1n) is 6.79. The average Bonchev–Trinajstić information content (AvgIpc) is 2.84. The minimum absolute atomic E-state index is 0.127. The van der Waals surface area contributed by atoms with Crippen molar-refractivity contribution in [1.29, 1.82) is 0 Å². The Morgan fingerprint density at radius 1 is 1.58 bits per heavy atom. The fourth-order valence-corrected chi connectivity index (χ4v) is 2.93. The third kappa shape index (κ3) is 3.79. The number of nitrogens with zero attached hydrogens (tertiary/aromatic N) is 2. The zero-order valence-corrected chi connectivity index (χ0v) is 13.0. The van der Waals surface area contributed by atoms with Gasteiger partial charge in [-0.2, -0.15) is 0 Å². The lowest BCUT2D eigenvalue weighted by Crippen LogP contribution is -2.40. The van der Waals surface area contributed by atoms with Gasteiger partial charge in [-0.25, -0.2) is 4.98 Å². The van der Waals surface area contributed by atoms with Gasteiger partial charge in [0.15, 0.2) is 0 Å². The van der Waals surface area contributed by atoms with E-state index in [9.17, 15) is 4.79 Å². The van der Waals surface area contributed by atoms with Crippen LogP contribution in [0.3, 0.4) is 0 Å². The standard InChI is InChI=1S/C13H21BrN4O/c1-9(2)6-18(7-10-4-3-5-15-10)12-11(14)13(19)17-8-16-12/h8-10,15H,3-7H2,1-2H3,(H,16,17,19). The second-order valence-corrected chi connectivity index (χ2v) is 6.25. The Morgan fingerprint density at radius 3 is 3.00 bits per heavy atom. The molecule has 0 saturated carbocycles. The minimum atomic E-state index is -0.127. The first-order chi connectivity index (χ1) is 9.08. The van der Waals surface area contributed by atoms with E-state index >= 15 is 0 Å². The van der Waals surface area contributed by atoms with Crippen LogP contribution in [-0.4, -0.2) is 35.6 Å². The zero-order chi connectivity index (χ0) is 13.8. The van der Waals surface area contributed by atoms with E-state index in [2.05, 4.69) is 50.0 Å². The molecule has 0 amide bonds. The second kappa shape index (κ2) is 6.52. The van der Waals surface area contributed by atoms with Crippen molar-refractivity contribution in [3.8, 4) is 0 Å². The molecule has 1 fully saturated rings. The number of rotatable bonds is 5. The molecule has 1 aliphatic rings. The van der Waals surface area contributed by atoms with Crippen molar-refractivity contribution in [3.05, 3.63) is 21.2 Å². The van der Waals surface area contributed by atoms with Crippen molar-refractivity contribution in [2.45, 2.75) is 32.7 Å². The molecular formula is C13H21BrN4O. The molecule has 0 aliphatic carbocycles. The molecule has 0 radical (unpaired) electrons. The summed E-state index contributed by atoms with van der Waals surface area (Å²) in [7, 11) is 0. The Labute approximate surface area is 121 Å². The molecule has 106 valence electrons. The zero-order valence-electron chi connectivity index (χ0n) is 11.4. The van der Waals surface area contributed by atoms with E-state index in [0.717, 1.165) is 25.5 Å². The molecule has 5 nitrogen and oxygen atoms in total. The number of hydrogen-bond acceptors (Lipinski definition) is 4. The summed E-state index contributed by atoms with van der Waals surface area (Å²) in [5.41, 5.74) is -0.127. The fourth-order valence-electron chi connectivity index (χ4n) is 2.46. The fraction of sp³-hybridized carbons (Fsp3) is 0.692. The molecule has 1 aliphatic heterocycles.